The van der Waals surface area contributed by atoms with Crippen molar-refractivity contribution < 1.29 is 42.6 Å². The third-order valence-electron chi connectivity index (χ3n) is 0. The van der Waals surface area contributed by atoms with Crippen molar-refractivity contribution in [1.82, 2.24) is 0 Å². The highest BCUT2D eigenvalue weighted by atomic mass is 31.2. The monoisotopic (exact) mass is 218 g/mol. The van der Waals surface area contributed by atoms with Crippen LogP contribution in [0.5, 0.6) is 0 Å². The molecule has 0 heterocycles. The van der Waals surface area contributed by atoms with Crippen molar-refractivity contribution in [1.29, 1.82) is 0 Å². The van der Waals surface area contributed by atoms with Crippen molar-refractivity contribution in [2.45, 2.75) is 0 Å². The largest absolute Gasteiger partial charge is 0.507 e. The smallest absolute Gasteiger partial charge is 0.412 e. The fraction of sp³-hybridized carbons (Fsp3) is 0. The summed E-state index contributed by atoms with van der Waals surface area (Å²) in [6, 6.07) is 0. The molecule has 0 aromatic heterocycles. The van der Waals surface area contributed by atoms with E-state index in [1.807, 2.05) is 0 Å². The van der Waals surface area contributed by atoms with Gasteiger partial charge in [0.1, 0.15) is 0 Å². The maximum Gasteiger partial charge on any atom is 0.507 e. The molecule has 72 valence electrons. The fourth-order valence-corrected chi connectivity index (χ4v) is 0. The first-order valence-electron chi connectivity index (χ1n) is 1.50. The van der Waals surface area contributed by atoms with E-state index in [2.05, 4.69) is 0 Å². The summed E-state index contributed by atoms with van der Waals surface area (Å²) >= 11 is 0. The van der Waals surface area contributed by atoms with Crippen molar-refractivity contribution in [3.05, 3.63) is 0 Å². The van der Waals surface area contributed by atoms with E-state index >= 15 is 0 Å². The standard InChI is InChI=1S/2FH2O3P.H2O/c2*1-5(2,3)4;/h2*(H2,2,3,4);1H2. The summed E-state index contributed by atoms with van der Waals surface area (Å²) in [5.41, 5.74) is 0. The molecule has 0 amide bonds. The van der Waals surface area contributed by atoms with Gasteiger partial charge in [-0.3, -0.25) is 19.6 Å². The molecular formula is H6F2O7P2. The molecule has 0 aliphatic heterocycles. The van der Waals surface area contributed by atoms with Crippen LogP contribution in [0.15, 0.2) is 0 Å². The minimum Gasteiger partial charge on any atom is -0.412 e. The molecule has 11 heavy (non-hydrogen) atoms. The number of rotatable bonds is 0. The Morgan fingerprint density at radius 3 is 0.818 bits per heavy atom. The van der Waals surface area contributed by atoms with Gasteiger partial charge >= 0.3 is 15.8 Å². The Hall–Kier alpha value is 0.120. The molecule has 0 fully saturated rings. The second-order valence-electron chi connectivity index (χ2n) is 0.946. The topological polar surface area (TPSA) is 147 Å². The van der Waals surface area contributed by atoms with Gasteiger partial charge in [-0.05, 0) is 0 Å². The van der Waals surface area contributed by atoms with E-state index in [4.69, 9.17) is 28.7 Å². The normalized spacial score (nSPS) is 10.7. The predicted octanol–water partition coefficient (Wildman–Crippen LogP) is -0.728. The molecule has 7 nitrogen and oxygen atoms in total. The zero-order chi connectivity index (χ0) is 9.00. The van der Waals surface area contributed by atoms with Gasteiger partial charge in [0.25, 0.3) is 0 Å². The van der Waals surface area contributed by atoms with Gasteiger partial charge in [0.15, 0.2) is 0 Å². The van der Waals surface area contributed by atoms with Crippen molar-refractivity contribution in [2.75, 3.05) is 0 Å². The van der Waals surface area contributed by atoms with Crippen LogP contribution < -0.4 is 0 Å². The first-order chi connectivity index (χ1) is 4.00. The molecule has 0 aliphatic carbocycles. The molecule has 6 N–H and O–H groups in total. The maximum absolute atomic E-state index is 10.4. The summed E-state index contributed by atoms with van der Waals surface area (Å²) < 4.78 is 38.0. The SMILES string of the molecule is O.O=P(O)(O)F.O=P(O)(O)F. The van der Waals surface area contributed by atoms with Gasteiger partial charge in [0.2, 0.25) is 0 Å². The zero-order valence-corrected chi connectivity index (χ0v) is 6.54. The number of hydrogen-bond acceptors (Lipinski definition) is 2. The Labute approximate surface area is 59.5 Å². The van der Waals surface area contributed by atoms with Gasteiger partial charge in [-0.2, -0.15) is 0 Å². The molecule has 0 rings (SSSR count). The highest BCUT2D eigenvalue weighted by Gasteiger charge is 2.05. The van der Waals surface area contributed by atoms with E-state index in [9.17, 15) is 8.39 Å². The third kappa shape index (κ3) is 46300. The van der Waals surface area contributed by atoms with E-state index in [1.165, 1.54) is 0 Å². The quantitative estimate of drug-likeness (QED) is 0.394. The summed E-state index contributed by atoms with van der Waals surface area (Å²) in [5.74, 6) is 0. The van der Waals surface area contributed by atoms with Crippen LogP contribution in [0.3, 0.4) is 0 Å². The molecule has 0 saturated carbocycles. The number of halogens is 2. The van der Waals surface area contributed by atoms with Gasteiger partial charge in [-0.15, -0.1) is 8.39 Å². The Morgan fingerprint density at radius 2 is 0.818 bits per heavy atom. The van der Waals surface area contributed by atoms with Crippen molar-refractivity contribution in [2.24, 2.45) is 0 Å². The average molecular weight is 218 g/mol. The minimum absolute atomic E-state index is 0. The van der Waals surface area contributed by atoms with Gasteiger partial charge in [0, 0.05) is 0 Å². The van der Waals surface area contributed by atoms with Crippen LogP contribution in [0.2, 0.25) is 0 Å². The van der Waals surface area contributed by atoms with E-state index in [0.717, 1.165) is 0 Å². The average Bonchev–Trinajstić information content (AvgIpc) is 1.12. The van der Waals surface area contributed by atoms with Crippen LogP contribution in [0.1, 0.15) is 0 Å². The highest BCUT2D eigenvalue weighted by Crippen LogP contribution is 2.35. The lowest BCUT2D eigenvalue weighted by atomic mass is 15.8. The van der Waals surface area contributed by atoms with E-state index in [1.54, 1.807) is 0 Å². The molecule has 0 aromatic carbocycles. The molecule has 0 bridgehead atoms. The maximum atomic E-state index is 10.4. The Balaban J connectivity index is -0.000000107. The Morgan fingerprint density at radius 1 is 0.818 bits per heavy atom. The summed E-state index contributed by atoms with van der Waals surface area (Å²) in [6.07, 6.45) is 0. The zero-order valence-electron chi connectivity index (χ0n) is 4.76. The predicted molar refractivity (Wildman–Crippen MR) is 29.9 cm³/mol. The molecule has 0 atom stereocenters. The van der Waals surface area contributed by atoms with E-state index < -0.39 is 15.8 Å². The Bertz CT molecular complexity index is 127. The van der Waals surface area contributed by atoms with Gasteiger partial charge in [-0.25, -0.2) is 9.13 Å². The first-order valence-corrected chi connectivity index (χ1v) is 4.51. The van der Waals surface area contributed by atoms with Crippen molar-refractivity contribution in [3.63, 3.8) is 0 Å². The highest BCUT2D eigenvalue weighted by molar-refractivity contribution is 7.46. The molecular weight excluding hydrogens is 212 g/mol. The van der Waals surface area contributed by atoms with E-state index in [-0.39, 0.29) is 5.48 Å². The summed E-state index contributed by atoms with van der Waals surface area (Å²) in [7, 11) is -10.3. The summed E-state index contributed by atoms with van der Waals surface area (Å²) in [5, 5.41) is 0. The van der Waals surface area contributed by atoms with Gasteiger partial charge in [-0.1, -0.05) is 0 Å². The van der Waals surface area contributed by atoms with Crippen LogP contribution in [0.4, 0.5) is 8.39 Å². The molecule has 0 unspecified atom stereocenters. The fourth-order valence-electron chi connectivity index (χ4n) is 0. The van der Waals surface area contributed by atoms with Crippen LogP contribution in [0.25, 0.3) is 0 Å². The molecule has 0 aromatic rings. The van der Waals surface area contributed by atoms with Gasteiger partial charge < -0.3 is 5.48 Å². The molecule has 0 spiro atoms. The summed E-state index contributed by atoms with van der Waals surface area (Å²) in [6.45, 7) is 0. The third-order valence-corrected chi connectivity index (χ3v) is 0. The van der Waals surface area contributed by atoms with Crippen molar-refractivity contribution in [3.8, 4) is 0 Å². The van der Waals surface area contributed by atoms with Crippen molar-refractivity contribution >= 4 is 15.8 Å². The molecule has 0 radical (unpaired) electrons. The lowest BCUT2D eigenvalue weighted by Gasteiger charge is -1.78. The molecule has 0 aliphatic rings. The van der Waals surface area contributed by atoms with Crippen LogP contribution >= 0.6 is 15.8 Å². The minimum atomic E-state index is -5.14. The second kappa shape index (κ2) is 5.73. The van der Waals surface area contributed by atoms with E-state index in [0.29, 0.717) is 0 Å². The molecule has 0 saturated heterocycles. The lowest BCUT2D eigenvalue weighted by molar-refractivity contribution is 0.320. The molecule has 11 heteroatoms. The second-order valence-corrected chi connectivity index (χ2v) is 2.84. The number of hydrogen-bond donors (Lipinski definition) is 4. The van der Waals surface area contributed by atoms with Gasteiger partial charge in [0.05, 0.1) is 0 Å². The lowest BCUT2D eigenvalue weighted by Crippen LogP contribution is -1.56. The van der Waals surface area contributed by atoms with Crippen LogP contribution in [-0.4, -0.2) is 25.0 Å². The first kappa shape index (κ1) is 17.3. The van der Waals surface area contributed by atoms with Crippen LogP contribution in [0, 0.1) is 0 Å². The Kier molecular flexibility index (Phi) is 9.00. The van der Waals surface area contributed by atoms with Crippen LogP contribution in [-0.2, 0) is 9.13 Å². The summed E-state index contributed by atoms with van der Waals surface area (Å²) in [4.78, 5) is 27.9.